The number of hydrogen-bond acceptors (Lipinski definition) is 7. The smallest absolute Gasteiger partial charge is 0.266 e. The zero-order valence-electron chi connectivity index (χ0n) is 16.8. The Morgan fingerprint density at radius 2 is 2.00 bits per heavy atom. The zero-order chi connectivity index (χ0) is 22.5. The van der Waals surface area contributed by atoms with Gasteiger partial charge >= 0.3 is 0 Å². The Kier molecular flexibility index (Phi) is 7.03. The average molecular weight is 529 g/mol. The molecule has 0 aliphatic heterocycles. The zero-order valence-corrected chi connectivity index (χ0v) is 20.0. The van der Waals surface area contributed by atoms with Crippen molar-refractivity contribution in [2.45, 2.75) is 5.16 Å². The van der Waals surface area contributed by atoms with E-state index in [0.717, 1.165) is 8.66 Å². The van der Waals surface area contributed by atoms with Crippen molar-refractivity contribution in [2.75, 3.05) is 12.9 Å². The Morgan fingerprint density at radius 3 is 2.72 bits per heavy atom. The first kappa shape index (κ1) is 22.3. The second-order valence-corrected chi connectivity index (χ2v) is 9.91. The highest BCUT2D eigenvalue weighted by molar-refractivity contribution is 9.11. The lowest BCUT2D eigenvalue weighted by atomic mass is 10.2. The van der Waals surface area contributed by atoms with Gasteiger partial charge in [-0.15, -0.1) is 11.3 Å². The van der Waals surface area contributed by atoms with Gasteiger partial charge < -0.3 is 4.74 Å². The van der Waals surface area contributed by atoms with E-state index in [0.29, 0.717) is 27.5 Å². The summed E-state index contributed by atoms with van der Waals surface area (Å²) in [6, 6.07) is 18.1. The maximum absolute atomic E-state index is 13.2. The highest BCUT2D eigenvalue weighted by Gasteiger charge is 2.15. The number of methoxy groups -OCH3 is 1. The third-order valence-corrected chi connectivity index (χ3v) is 6.88. The van der Waals surface area contributed by atoms with Crippen LogP contribution >= 0.6 is 39.0 Å². The van der Waals surface area contributed by atoms with E-state index < -0.39 is 0 Å². The molecule has 7 nitrogen and oxygen atoms in total. The van der Waals surface area contributed by atoms with E-state index in [1.54, 1.807) is 55.8 Å². The fourth-order valence-electron chi connectivity index (χ4n) is 2.90. The number of carbonyl (C=O) groups excluding carboxylic acids is 1. The average Bonchev–Trinajstić information content (AvgIpc) is 3.23. The standard InChI is InChI=1S/C22H17BrN4O3S2/c1-30-15-8-6-14(7-9-15)27-21(29)17-4-2-3-5-18(17)25-22(27)31-13-20(28)26-24-12-16-10-11-19(23)32-16/h2-12H,13H2,1H3,(H,26,28)/b24-12+. The summed E-state index contributed by atoms with van der Waals surface area (Å²) in [5.41, 5.74) is 3.52. The second kappa shape index (κ2) is 10.1. The van der Waals surface area contributed by atoms with Crippen LogP contribution in [0.25, 0.3) is 16.6 Å². The Morgan fingerprint density at radius 1 is 1.22 bits per heavy atom. The quantitative estimate of drug-likeness (QED) is 0.165. The van der Waals surface area contributed by atoms with Crippen LogP contribution in [0.3, 0.4) is 0 Å². The SMILES string of the molecule is COc1ccc(-n2c(SCC(=O)N/N=C/c3ccc(Br)s3)nc3ccccc3c2=O)cc1. The van der Waals surface area contributed by atoms with E-state index in [2.05, 4.69) is 31.4 Å². The molecule has 0 spiro atoms. The molecule has 162 valence electrons. The number of thioether (sulfide) groups is 1. The number of carbonyl (C=O) groups is 1. The summed E-state index contributed by atoms with van der Waals surface area (Å²) in [5, 5.41) is 4.90. The molecule has 0 fully saturated rings. The number of rotatable bonds is 7. The molecule has 0 unspecified atom stereocenters. The minimum Gasteiger partial charge on any atom is -0.497 e. The molecule has 0 bridgehead atoms. The third-order valence-electron chi connectivity index (χ3n) is 4.38. The van der Waals surface area contributed by atoms with Gasteiger partial charge in [-0.05, 0) is 64.5 Å². The molecule has 2 aromatic carbocycles. The Bertz CT molecular complexity index is 1350. The van der Waals surface area contributed by atoms with Crippen molar-refractivity contribution in [3.05, 3.63) is 79.7 Å². The lowest BCUT2D eigenvalue weighted by molar-refractivity contribution is -0.118. The molecular formula is C22H17BrN4O3S2. The number of halogens is 1. The summed E-state index contributed by atoms with van der Waals surface area (Å²) >= 11 is 6.06. The number of hydrazone groups is 1. The Labute approximate surface area is 200 Å². The fraction of sp³-hybridized carbons (Fsp3) is 0.0909. The Hall–Kier alpha value is -2.95. The molecule has 0 atom stereocenters. The third kappa shape index (κ3) is 5.09. The maximum Gasteiger partial charge on any atom is 0.266 e. The van der Waals surface area contributed by atoms with Crippen LogP contribution in [0.1, 0.15) is 4.88 Å². The molecule has 32 heavy (non-hydrogen) atoms. The number of fused-ring (bicyclic) bond motifs is 1. The van der Waals surface area contributed by atoms with Crippen molar-refractivity contribution in [1.82, 2.24) is 15.0 Å². The normalized spacial score (nSPS) is 11.2. The molecule has 4 rings (SSSR count). The van der Waals surface area contributed by atoms with Crippen LogP contribution in [0.15, 0.2) is 79.5 Å². The topological polar surface area (TPSA) is 85.6 Å². The molecule has 0 aliphatic rings. The fourth-order valence-corrected chi connectivity index (χ4v) is 5.00. The van der Waals surface area contributed by atoms with E-state index in [1.807, 2.05) is 18.2 Å². The predicted molar refractivity (Wildman–Crippen MR) is 132 cm³/mol. The first-order chi connectivity index (χ1) is 15.5. The van der Waals surface area contributed by atoms with Gasteiger partial charge in [0, 0.05) is 4.88 Å². The highest BCUT2D eigenvalue weighted by Crippen LogP contribution is 2.23. The van der Waals surface area contributed by atoms with Gasteiger partial charge in [-0.3, -0.25) is 14.2 Å². The van der Waals surface area contributed by atoms with Crippen molar-refractivity contribution in [3.8, 4) is 11.4 Å². The van der Waals surface area contributed by atoms with Crippen LogP contribution < -0.4 is 15.7 Å². The number of para-hydroxylation sites is 1. The second-order valence-electron chi connectivity index (χ2n) is 6.47. The molecule has 0 radical (unpaired) electrons. The number of benzene rings is 2. The van der Waals surface area contributed by atoms with E-state index in [9.17, 15) is 9.59 Å². The van der Waals surface area contributed by atoms with Crippen molar-refractivity contribution in [3.63, 3.8) is 0 Å². The van der Waals surface area contributed by atoms with E-state index >= 15 is 0 Å². The number of aromatic nitrogens is 2. The van der Waals surface area contributed by atoms with E-state index in [4.69, 9.17) is 4.74 Å². The summed E-state index contributed by atoms with van der Waals surface area (Å²) in [7, 11) is 1.58. The van der Waals surface area contributed by atoms with Gasteiger partial charge in [0.15, 0.2) is 5.16 Å². The van der Waals surface area contributed by atoms with Crippen LogP contribution in [0.2, 0.25) is 0 Å². The number of hydrogen-bond donors (Lipinski definition) is 1. The molecular weight excluding hydrogens is 512 g/mol. The lowest BCUT2D eigenvalue weighted by Crippen LogP contribution is -2.24. The molecule has 0 saturated carbocycles. The van der Waals surface area contributed by atoms with Gasteiger partial charge in [0.05, 0.1) is 39.5 Å². The summed E-state index contributed by atoms with van der Waals surface area (Å²) in [6.07, 6.45) is 1.58. The van der Waals surface area contributed by atoms with Crippen LogP contribution in [0.5, 0.6) is 5.75 Å². The molecule has 1 N–H and O–H groups in total. The summed E-state index contributed by atoms with van der Waals surface area (Å²) in [6.45, 7) is 0. The van der Waals surface area contributed by atoms with E-state index in [-0.39, 0.29) is 17.2 Å². The number of amides is 1. The molecule has 1 amide bonds. The molecule has 4 aromatic rings. The van der Waals surface area contributed by atoms with Gasteiger partial charge in [-0.1, -0.05) is 23.9 Å². The minimum absolute atomic E-state index is 0.0480. The monoisotopic (exact) mass is 528 g/mol. The van der Waals surface area contributed by atoms with Crippen LogP contribution in [0.4, 0.5) is 0 Å². The lowest BCUT2D eigenvalue weighted by Gasteiger charge is -2.13. The molecule has 0 aliphatic carbocycles. The number of thiophene rings is 1. The van der Waals surface area contributed by atoms with Crippen molar-refractivity contribution < 1.29 is 9.53 Å². The minimum atomic E-state index is -0.300. The summed E-state index contributed by atoms with van der Waals surface area (Å²) in [5.74, 6) is 0.428. The maximum atomic E-state index is 13.2. The number of nitrogens with zero attached hydrogens (tertiary/aromatic N) is 3. The van der Waals surface area contributed by atoms with Gasteiger partial charge in [0.1, 0.15) is 5.75 Å². The van der Waals surface area contributed by atoms with Gasteiger partial charge in [0.2, 0.25) is 0 Å². The van der Waals surface area contributed by atoms with Crippen LogP contribution in [0, 0.1) is 0 Å². The van der Waals surface area contributed by atoms with Crippen molar-refractivity contribution >= 4 is 62.1 Å². The van der Waals surface area contributed by atoms with Gasteiger partial charge in [0.25, 0.3) is 11.5 Å². The first-order valence-corrected chi connectivity index (χ1v) is 12.0. The van der Waals surface area contributed by atoms with Gasteiger partial charge in [-0.2, -0.15) is 5.10 Å². The first-order valence-electron chi connectivity index (χ1n) is 9.41. The Balaban J connectivity index is 1.58. The number of ether oxygens (including phenoxy) is 1. The molecule has 2 heterocycles. The number of nitrogens with one attached hydrogen (secondary N) is 1. The molecule has 2 aromatic heterocycles. The largest absolute Gasteiger partial charge is 0.497 e. The van der Waals surface area contributed by atoms with Crippen molar-refractivity contribution in [1.29, 1.82) is 0 Å². The van der Waals surface area contributed by atoms with Crippen LogP contribution in [-0.2, 0) is 4.79 Å². The molecule has 10 heteroatoms. The molecule has 0 saturated heterocycles. The predicted octanol–water partition coefficient (Wildman–Crippen LogP) is 4.46. The van der Waals surface area contributed by atoms with Crippen molar-refractivity contribution in [2.24, 2.45) is 5.10 Å². The van der Waals surface area contributed by atoms with Gasteiger partial charge in [-0.25, -0.2) is 10.4 Å². The highest BCUT2D eigenvalue weighted by atomic mass is 79.9. The summed E-state index contributed by atoms with van der Waals surface area (Å²) in [4.78, 5) is 31.1. The van der Waals surface area contributed by atoms with E-state index in [1.165, 1.54) is 27.7 Å². The van der Waals surface area contributed by atoms with Crippen LogP contribution in [-0.4, -0.2) is 34.5 Å². The summed E-state index contributed by atoms with van der Waals surface area (Å²) < 4.78 is 7.70.